The van der Waals surface area contributed by atoms with Crippen molar-refractivity contribution in [2.75, 3.05) is 18.4 Å². The Hall–Kier alpha value is -3.22. The van der Waals surface area contributed by atoms with E-state index in [0.717, 1.165) is 30.9 Å². The Morgan fingerprint density at radius 1 is 1.15 bits per heavy atom. The fourth-order valence-corrected chi connectivity index (χ4v) is 3.22. The second-order valence-electron chi connectivity index (χ2n) is 6.35. The Morgan fingerprint density at radius 3 is 2.69 bits per heavy atom. The summed E-state index contributed by atoms with van der Waals surface area (Å²) in [4.78, 5) is 30.7. The van der Waals surface area contributed by atoms with Crippen molar-refractivity contribution in [3.63, 3.8) is 0 Å². The van der Waals surface area contributed by atoms with Crippen LogP contribution in [0.15, 0.2) is 55.1 Å². The third-order valence-corrected chi connectivity index (χ3v) is 4.54. The number of likely N-dealkylation sites (tertiary alicyclic amines) is 1. The van der Waals surface area contributed by atoms with Crippen LogP contribution in [0.3, 0.4) is 0 Å². The van der Waals surface area contributed by atoms with Gasteiger partial charge in [0.25, 0.3) is 5.91 Å². The predicted octanol–water partition coefficient (Wildman–Crippen LogP) is 2.96. The van der Waals surface area contributed by atoms with E-state index in [1.54, 1.807) is 18.6 Å². The van der Waals surface area contributed by atoms with Crippen molar-refractivity contribution in [3.8, 4) is 0 Å². The lowest BCUT2D eigenvalue weighted by atomic mass is 9.97. The molecule has 0 radical (unpaired) electrons. The molecule has 1 atom stereocenters. The smallest absolute Gasteiger partial charge is 0.257 e. The summed E-state index contributed by atoms with van der Waals surface area (Å²) < 4.78 is 0. The lowest BCUT2D eigenvalue weighted by Gasteiger charge is -2.31. The van der Waals surface area contributed by atoms with Crippen LogP contribution in [-0.4, -0.2) is 43.8 Å². The Kier molecular flexibility index (Phi) is 4.59. The molecule has 1 aromatic carbocycles. The normalized spacial score (nSPS) is 17.1. The van der Waals surface area contributed by atoms with Crippen molar-refractivity contribution in [2.45, 2.75) is 18.8 Å². The van der Waals surface area contributed by atoms with Gasteiger partial charge >= 0.3 is 0 Å². The highest BCUT2D eigenvalue weighted by Crippen LogP contribution is 2.25. The summed E-state index contributed by atoms with van der Waals surface area (Å²) in [5.41, 5.74) is 1.41. The maximum atomic E-state index is 12.8. The van der Waals surface area contributed by atoms with Crippen LogP contribution in [0.5, 0.6) is 0 Å². The topological polar surface area (TPSA) is 86.8 Å². The van der Waals surface area contributed by atoms with E-state index in [1.165, 1.54) is 0 Å². The zero-order valence-electron chi connectivity index (χ0n) is 14.3. The summed E-state index contributed by atoms with van der Waals surface area (Å²) in [5.74, 6) is 1.64. The first-order chi connectivity index (χ1) is 12.8. The first kappa shape index (κ1) is 16.3. The van der Waals surface area contributed by atoms with E-state index in [-0.39, 0.29) is 11.8 Å². The number of carbonyl (C=O) groups is 1. The molecular weight excluding hydrogens is 328 g/mol. The van der Waals surface area contributed by atoms with E-state index < -0.39 is 0 Å². The van der Waals surface area contributed by atoms with E-state index in [0.29, 0.717) is 18.1 Å². The number of rotatable bonds is 4. The van der Waals surface area contributed by atoms with E-state index in [2.05, 4.69) is 25.3 Å². The van der Waals surface area contributed by atoms with E-state index in [9.17, 15) is 4.79 Å². The number of piperidine rings is 1. The molecule has 132 valence electrons. The molecule has 7 heteroatoms. The van der Waals surface area contributed by atoms with Gasteiger partial charge < -0.3 is 15.2 Å². The van der Waals surface area contributed by atoms with Crippen LogP contribution in [0, 0.1) is 0 Å². The standard InChI is InChI=1S/C19H20N6O/c26-18(25-10-4-5-14(13-25)17-20-8-9-21-17)15-11-22-19(23-12-15)24-16-6-2-1-3-7-16/h1-3,6-9,11-12,14H,4-5,10,13H2,(H,20,21)(H,22,23,24)/t14-/m1/s1. The van der Waals surface area contributed by atoms with Gasteiger partial charge in [-0.3, -0.25) is 4.79 Å². The van der Waals surface area contributed by atoms with Crippen molar-refractivity contribution < 1.29 is 4.79 Å². The maximum Gasteiger partial charge on any atom is 0.257 e. The average molecular weight is 348 g/mol. The Morgan fingerprint density at radius 2 is 1.96 bits per heavy atom. The third kappa shape index (κ3) is 3.56. The van der Waals surface area contributed by atoms with Crippen molar-refractivity contribution in [2.24, 2.45) is 0 Å². The van der Waals surface area contributed by atoms with Gasteiger partial charge in [-0.1, -0.05) is 18.2 Å². The van der Waals surface area contributed by atoms with Crippen LogP contribution >= 0.6 is 0 Å². The molecule has 0 bridgehead atoms. The predicted molar refractivity (Wildman–Crippen MR) is 98.2 cm³/mol. The summed E-state index contributed by atoms with van der Waals surface area (Å²) in [5, 5.41) is 3.12. The maximum absolute atomic E-state index is 12.8. The van der Waals surface area contributed by atoms with Crippen molar-refractivity contribution >= 4 is 17.5 Å². The fraction of sp³-hybridized carbons (Fsp3) is 0.263. The highest BCUT2D eigenvalue weighted by molar-refractivity contribution is 5.93. The summed E-state index contributed by atoms with van der Waals surface area (Å²) in [6, 6.07) is 9.69. The summed E-state index contributed by atoms with van der Waals surface area (Å²) in [7, 11) is 0. The van der Waals surface area contributed by atoms with Gasteiger partial charge in [-0.25, -0.2) is 15.0 Å². The number of H-pyrrole nitrogens is 1. The molecule has 1 aliphatic heterocycles. The number of hydrogen-bond acceptors (Lipinski definition) is 5. The number of amides is 1. The van der Waals surface area contributed by atoms with E-state index in [4.69, 9.17) is 0 Å². The Balaban J connectivity index is 1.43. The zero-order chi connectivity index (χ0) is 17.8. The molecule has 2 aromatic heterocycles. The molecule has 26 heavy (non-hydrogen) atoms. The van der Waals surface area contributed by atoms with Crippen LogP contribution in [0.25, 0.3) is 0 Å². The number of imidazole rings is 1. The third-order valence-electron chi connectivity index (χ3n) is 4.54. The van der Waals surface area contributed by atoms with Crippen molar-refractivity contribution in [1.82, 2.24) is 24.8 Å². The van der Waals surface area contributed by atoms with Gasteiger partial charge in [0.1, 0.15) is 5.82 Å². The zero-order valence-corrected chi connectivity index (χ0v) is 14.3. The quantitative estimate of drug-likeness (QED) is 0.757. The van der Waals surface area contributed by atoms with Crippen LogP contribution in [0.2, 0.25) is 0 Å². The van der Waals surface area contributed by atoms with E-state index >= 15 is 0 Å². The van der Waals surface area contributed by atoms with Gasteiger partial charge in [-0.2, -0.15) is 0 Å². The lowest BCUT2D eigenvalue weighted by molar-refractivity contribution is 0.0704. The monoisotopic (exact) mass is 348 g/mol. The van der Waals surface area contributed by atoms with Gasteiger partial charge in [0.2, 0.25) is 5.95 Å². The van der Waals surface area contributed by atoms with Gasteiger partial charge in [0.05, 0.1) is 5.56 Å². The summed E-state index contributed by atoms with van der Waals surface area (Å²) >= 11 is 0. The number of aromatic amines is 1. The fourth-order valence-electron chi connectivity index (χ4n) is 3.22. The molecule has 0 saturated carbocycles. The second-order valence-corrected chi connectivity index (χ2v) is 6.35. The molecular formula is C19H20N6O. The molecule has 1 aliphatic rings. The molecule has 1 fully saturated rings. The molecule has 0 unspecified atom stereocenters. The van der Waals surface area contributed by atoms with Crippen LogP contribution in [0.1, 0.15) is 34.9 Å². The Labute approximate surface area is 151 Å². The molecule has 1 saturated heterocycles. The van der Waals surface area contributed by atoms with Gasteiger partial charge in [-0.15, -0.1) is 0 Å². The number of carbonyl (C=O) groups excluding carboxylic acids is 1. The van der Waals surface area contributed by atoms with Crippen LogP contribution in [-0.2, 0) is 0 Å². The molecule has 1 amide bonds. The van der Waals surface area contributed by atoms with Gasteiger partial charge in [0, 0.05) is 49.5 Å². The van der Waals surface area contributed by atoms with E-state index in [1.807, 2.05) is 41.4 Å². The summed E-state index contributed by atoms with van der Waals surface area (Å²) in [6.07, 6.45) is 8.73. The first-order valence-electron chi connectivity index (χ1n) is 8.72. The molecule has 3 aromatic rings. The number of aromatic nitrogens is 4. The highest BCUT2D eigenvalue weighted by atomic mass is 16.2. The molecule has 4 rings (SSSR count). The van der Waals surface area contributed by atoms with Crippen molar-refractivity contribution in [3.05, 3.63) is 66.5 Å². The molecule has 0 spiro atoms. The second kappa shape index (κ2) is 7.35. The Bertz CT molecular complexity index is 848. The number of para-hydroxylation sites is 1. The van der Waals surface area contributed by atoms with Gasteiger partial charge in [-0.05, 0) is 25.0 Å². The highest BCUT2D eigenvalue weighted by Gasteiger charge is 2.27. The average Bonchev–Trinajstić information content (AvgIpc) is 3.24. The van der Waals surface area contributed by atoms with Gasteiger partial charge in [0.15, 0.2) is 0 Å². The molecule has 3 heterocycles. The lowest BCUT2D eigenvalue weighted by Crippen LogP contribution is -2.39. The van der Waals surface area contributed by atoms with Crippen LogP contribution in [0.4, 0.5) is 11.6 Å². The first-order valence-corrected chi connectivity index (χ1v) is 8.72. The molecule has 7 nitrogen and oxygen atoms in total. The van der Waals surface area contributed by atoms with Crippen LogP contribution < -0.4 is 5.32 Å². The molecule has 0 aliphatic carbocycles. The SMILES string of the molecule is O=C(c1cnc(Nc2ccccc2)nc1)N1CCC[C@@H](c2ncc[nH]2)C1. The van der Waals surface area contributed by atoms with Crippen molar-refractivity contribution in [1.29, 1.82) is 0 Å². The number of anilines is 2. The summed E-state index contributed by atoms with van der Waals surface area (Å²) in [6.45, 7) is 1.41. The number of hydrogen-bond donors (Lipinski definition) is 2. The molecule has 2 N–H and O–H groups in total. The number of benzene rings is 1. The minimum absolute atomic E-state index is 0.0347. The minimum Gasteiger partial charge on any atom is -0.348 e. The minimum atomic E-state index is -0.0347. The number of nitrogens with one attached hydrogen (secondary N) is 2. The number of nitrogens with zero attached hydrogens (tertiary/aromatic N) is 4. The largest absolute Gasteiger partial charge is 0.348 e.